The average Bonchev–Trinajstić information content (AvgIpc) is 2.16. The number of sulfonamides is 1. The molecule has 0 aromatic carbocycles. The second-order valence-corrected chi connectivity index (χ2v) is 5.44. The number of ether oxygens (including phenoxy) is 1. The maximum absolute atomic E-state index is 11.4. The Labute approximate surface area is 89.9 Å². The van der Waals surface area contributed by atoms with Crippen molar-refractivity contribution in [3.05, 3.63) is 0 Å². The van der Waals surface area contributed by atoms with Gasteiger partial charge in [-0.3, -0.25) is 4.79 Å². The molecule has 0 aliphatic heterocycles. The standard InChI is InChI=1S/C8H17NO5S/c1-7(8(11)14-3)6-9(2)15(12,13)5-4-10/h7,10H,4-6H2,1-3H3. The number of esters is 1. The lowest BCUT2D eigenvalue weighted by atomic mass is 10.2. The summed E-state index contributed by atoms with van der Waals surface area (Å²) in [5.74, 6) is -1.31. The van der Waals surface area contributed by atoms with Crippen LogP contribution in [0, 0.1) is 5.92 Å². The molecule has 0 spiro atoms. The van der Waals surface area contributed by atoms with Crippen molar-refractivity contribution < 1.29 is 23.1 Å². The maximum Gasteiger partial charge on any atom is 0.309 e. The highest BCUT2D eigenvalue weighted by Gasteiger charge is 2.22. The Bertz CT molecular complexity index is 300. The van der Waals surface area contributed by atoms with Crippen molar-refractivity contribution in [1.29, 1.82) is 0 Å². The molecule has 0 aliphatic carbocycles. The lowest BCUT2D eigenvalue weighted by molar-refractivity contribution is -0.144. The van der Waals surface area contributed by atoms with E-state index in [1.54, 1.807) is 6.92 Å². The number of carbonyl (C=O) groups is 1. The molecule has 0 aromatic rings. The van der Waals surface area contributed by atoms with E-state index in [4.69, 9.17) is 5.11 Å². The number of nitrogens with zero attached hydrogens (tertiary/aromatic N) is 1. The second-order valence-electron chi connectivity index (χ2n) is 3.24. The largest absolute Gasteiger partial charge is 0.469 e. The minimum Gasteiger partial charge on any atom is -0.469 e. The summed E-state index contributed by atoms with van der Waals surface area (Å²) < 4.78 is 28.3. The lowest BCUT2D eigenvalue weighted by Crippen LogP contribution is -2.36. The molecule has 1 unspecified atom stereocenters. The fourth-order valence-corrected chi connectivity index (χ4v) is 2.04. The van der Waals surface area contributed by atoms with Crippen molar-refractivity contribution in [1.82, 2.24) is 4.31 Å². The zero-order chi connectivity index (χ0) is 12.1. The third-order valence-corrected chi connectivity index (χ3v) is 3.76. The molecule has 1 atom stereocenters. The van der Waals surface area contributed by atoms with Gasteiger partial charge in [0.15, 0.2) is 0 Å². The Morgan fingerprint density at radius 1 is 1.53 bits per heavy atom. The molecule has 7 heteroatoms. The van der Waals surface area contributed by atoms with Crippen LogP contribution in [0.4, 0.5) is 0 Å². The van der Waals surface area contributed by atoms with Crippen molar-refractivity contribution in [2.45, 2.75) is 6.92 Å². The van der Waals surface area contributed by atoms with Gasteiger partial charge in [-0.05, 0) is 0 Å². The molecule has 0 radical (unpaired) electrons. The van der Waals surface area contributed by atoms with Crippen molar-refractivity contribution in [3.63, 3.8) is 0 Å². The van der Waals surface area contributed by atoms with Gasteiger partial charge in [-0.25, -0.2) is 12.7 Å². The van der Waals surface area contributed by atoms with Gasteiger partial charge in [0.25, 0.3) is 0 Å². The number of hydrogen-bond acceptors (Lipinski definition) is 5. The number of methoxy groups -OCH3 is 1. The summed E-state index contributed by atoms with van der Waals surface area (Å²) in [6.45, 7) is 1.20. The predicted molar refractivity (Wildman–Crippen MR) is 54.7 cm³/mol. The van der Waals surface area contributed by atoms with E-state index in [9.17, 15) is 13.2 Å². The minimum atomic E-state index is -3.47. The molecule has 0 bridgehead atoms. The quantitative estimate of drug-likeness (QED) is 0.604. The molecule has 0 aromatic heterocycles. The van der Waals surface area contributed by atoms with Gasteiger partial charge < -0.3 is 9.84 Å². The molecule has 0 rings (SSSR count). The van der Waals surface area contributed by atoms with Crippen LogP contribution in [0.5, 0.6) is 0 Å². The monoisotopic (exact) mass is 239 g/mol. The third kappa shape index (κ3) is 4.59. The van der Waals surface area contributed by atoms with Gasteiger partial charge in [-0.2, -0.15) is 0 Å². The Morgan fingerprint density at radius 3 is 2.47 bits per heavy atom. The van der Waals surface area contributed by atoms with Crippen LogP contribution in [0.1, 0.15) is 6.92 Å². The fraction of sp³-hybridized carbons (Fsp3) is 0.875. The van der Waals surface area contributed by atoms with E-state index in [-0.39, 0.29) is 12.3 Å². The van der Waals surface area contributed by atoms with Crippen LogP contribution in [0.15, 0.2) is 0 Å². The second kappa shape index (κ2) is 6.04. The molecule has 0 amide bonds. The number of hydrogen-bond donors (Lipinski definition) is 1. The van der Waals surface area contributed by atoms with E-state index in [0.717, 1.165) is 4.31 Å². The van der Waals surface area contributed by atoms with Gasteiger partial charge in [0, 0.05) is 13.6 Å². The zero-order valence-corrected chi connectivity index (χ0v) is 9.95. The molecule has 0 heterocycles. The maximum atomic E-state index is 11.4. The van der Waals surface area contributed by atoms with Crippen molar-refractivity contribution in [2.75, 3.05) is 33.1 Å². The van der Waals surface area contributed by atoms with Crippen molar-refractivity contribution in [2.24, 2.45) is 5.92 Å². The van der Waals surface area contributed by atoms with Crippen LogP contribution in [0.25, 0.3) is 0 Å². The van der Waals surface area contributed by atoms with Gasteiger partial charge in [-0.1, -0.05) is 6.92 Å². The molecular formula is C8H17NO5S. The van der Waals surface area contributed by atoms with Crippen molar-refractivity contribution in [3.8, 4) is 0 Å². The highest BCUT2D eigenvalue weighted by Crippen LogP contribution is 2.05. The summed E-state index contributed by atoms with van der Waals surface area (Å²) in [5.41, 5.74) is 0. The molecule has 0 fully saturated rings. The summed E-state index contributed by atoms with van der Waals surface area (Å²) in [6, 6.07) is 0. The van der Waals surface area contributed by atoms with Crippen LogP contribution >= 0.6 is 0 Å². The van der Waals surface area contributed by atoms with Crippen LogP contribution in [0.2, 0.25) is 0 Å². The van der Waals surface area contributed by atoms with Gasteiger partial charge in [0.2, 0.25) is 10.0 Å². The summed E-state index contributed by atoms with van der Waals surface area (Å²) in [6.07, 6.45) is 0. The summed E-state index contributed by atoms with van der Waals surface area (Å²) >= 11 is 0. The summed E-state index contributed by atoms with van der Waals surface area (Å²) in [7, 11) is -0.855. The van der Waals surface area contributed by atoms with E-state index in [2.05, 4.69) is 4.74 Å². The number of carbonyl (C=O) groups excluding carboxylic acids is 1. The van der Waals surface area contributed by atoms with Crippen LogP contribution in [-0.4, -0.2) is 56.9 Å². The highest BCUT2D eigenvalue weighted by atomic mass is 32.2. The normalized spacial score (nSPS) is 13.9. The first-order chi connectivity index (χ1) is 6.85. The highest BCUT2D eigenvalue weighted by molar-refractivity contribution is 7.89. The molecular weight excluding hydrogens is 222 g/mol. The van der Waals surface area contributed by atoms with Crippen LogP contribution in [-0.2, 0) is 19.6 Å². The first-order valence-corrected chi connectivity index (χ1v) is 6.08. The molecule has 15 heavy (non-hydrogen) atoms. The topological polar surface area (TPSA) is 83.9 Å². The summed E-state index contributed by atoms with van der Waals surface area (Å²) in [4.78, 5) is 11.0. The van der Waals surface area contributed by atoms with E-state index in [1.807, 2.05) is 0 Å². The third-order valence-electron chi connectivity index (χ3n) is 1.96. The smallest absolute Gasteiger partial charge is 0.309 e. The molecule has 1 N–H and O–H groups in total. The lowest BCUT2D eigenvalue weighted by Gasteiger charge is -2.19. The van der Waals surface area contributed by atoms with E-state index in [0.29, 0.717) is 0 Å². The van der Waals surface area contributed by atoms with Crippen molar-refractivity contribution >= 4 is 16.0 Å². The predicted octanol–water partition coefficient (Wildman–Crippen LogP) is -0.951. The first-order valence-electron chi connectivity index (χ1n) is 4.48. The average molecular weight is 239 g/mol. The van der Waals surface area contributed by atoms with E-state index < -0.39 is 28.5 Å². The number of rotatable bonds is 6. The molecule has 90 valence electrons. The molecule has 0 saturated heterocycles. The van der Waals surface area contributed by atoms with Crippen LogP contribution < -0.4 is 0 Å². The molecule has 0 saturated carbocycles. The van der Waals surface area contributed by atoms with Gasteiger partial charge in [0.05, 0.1) is 25.4 Å². The van der Waals surface area contributed by atoms with Gasteiger partial charge in [-0.15, -0.1) is 0 Å². The van der Waals surface area contributed by atoms with E-state index >= 15 is 0 Å². The number of aliphatic hydroxyl groups excluding tert-OH is 1. The Hall–Kier alpha value is -0.660. The SMILES string of the molecule is COC(=O)C(C)CN(C)S(=O)(=O)CCO. The Kier molecular flexibility index (Phi) is 5.77. The number of aliphatic hydroxyl groups is 1. The Balaban J connectivity index is 4.36. The molecule has 6 nitrogen and oxygen atoms in total. The first kappa shape index (κ1) is 14.3. The van der Waals surface area contributed by atoms with Gasteiger partial charge in [0.1, 0.15) is 0 Å². The van der Waals surface area contributed by atoms with Crippen LogP contribution in [0.3, 0.4) is 0 Å². The molecule has 0 aliphatic rings. The van der Waals surface area contributed by atoms with E-state index in [1.165, 1.54) is 14.2 Å². The zero-order valence-electron chi connectivity index (χ0n) is 9.13. The Morgan fingerprint density at radius 2 is 2.07 bits per heavy atom. The minimum absolute atomic E-state index is 0.0506. The fourth-order valence-electron chi connectivity index (χ4n) is 1.05. The van der Waals surface area contributed by atoms with Gasteiger partial charge >= 0.3 is 5.97 Å². The summed E-state index contributed by atoms with van der Waals surface area (Å²) in [5, 5.41) is 8.54.